The van der Waals surface area contributed by atoms with Gasteiger partial charge in [0.1, 0.15) is 5.92 Å². The number of hydrogen-bond acceptors (Lipinski definition) is 3. The third-order valence-electron chi connectivity index (χ3n) is 3.16. The standard InChI is InChI=1S/C14H22N2O3/c1-10(2)12(14(18)19-4)13(17)16(3)8-6-11-5-7-15-9-11/h5,7,9-10,12,15H,6,8H2,1-4H3. The van der Waals surface area contributed by atoms with E-state index < -0.39 is 11.9 Å². The summed E-state index contributed by atoms with van der Waals surface area (Å²) in [5, 5.41) is 0. The van der Waals surface area contributed by atoms with E-state index >= 15 is 0 Å². The van der Waals surface area contributed by atoms with E-state index in [0.717, 1.165) is 12.0 Å². The van der Waals surface area contributed by atoms with Crippen molar-refractivity contribution in [3.05, 3.63) is 24.0 Å². The van der Waals surface area contributed by atoms with Crippen LogP contribution in [0.15, 0.2) is 18.5 Å². The Labute approximate surface area is 113 Å². The van der Waals surface area contributed by atoms with E-state index in [1.807, 2.05) is 32.3 Å². The maximum Gasteiger partial charge on any atom is 0.318 e. The number of aromatic nitrogens is 1. The van der Waals surface area contributed by atoms with Gasteiger partial charge in [-0.05, 0) is 24.0 Å². The van der Waals surface area contributed by atoms with Crippen molar-refractivity contribution >= 4 is 11.9 Å². The molecule has 0 saturated heterocycles. The van der Waals surface area contributed by atoms with Crippen LogP contribution in [0.1, 0.15) is 19.4 Å². The van der Waals surface area contributed by atoms with Crippen molar-refractivity contribution < 1.29 is 14.3 Å². The second kappa shape index (κ2) is 6.97. The summed E-state index contributed by atoms with van der Waals surface area (Å²) in [5.41, 5.74) is 1.14. The topological polar surface area (TPSA) is 62.4 Å². The Balaban J connectivity index is 2.60. The van der Waals surface area contributed by atoms with Crippen LogP contribution in [0.4, 0.5) is 0 Å². The monoisotopic (exact) mass is 266 g/mol. The molecular formula is C14H22N2O3. The fourth-order valence-electron chi connectivity index (χ4n) is 1.94. The van der Waals surface area contributed by atoms with E-state index in [1.54, 1.807) is 11.9 Å². The minimum absolute atomic E-state index is 0.0744. The van der Waals surface area contributed by atoms with E-state index in [0.29, 0.717) is 6.54 Å². The number of carbonyl (C=O) groups excluding carboxylic acids is 2. The highest BCUT2D eigenvalue weighted by atomic mass is 16.5. The van der Waals surface area contributed by atoms with Crippen LogP contribution in [0.5, 0.6) is 0 Å². The number of likely N-dealkylation sites (N-methyl/N-ethyl adjacent to an activating group) is 1. The molecule has 19 heavy (non-hydrogen) atoms. The van der Waals surface area contributed by atoms with Gasteiger partial charge in [0.2, 0.25) is 5.91 Å². The van der Waals surface area contributed by atoms with E-state index in [2.05, 4.69) is 4.98 Å². The Morgan fingerprint density at radius 1 is 1.42 bits per heavy atom. The number of carbonyl (C=O) groups is 2. The molecule has 0 fully saturated rings. The smallest absolute Gasteiger partial charge is 0.318 e. The Morgan fingerprint density at radius 3 is 2.58 bits per heavy atom. The molecule has 5 heteroatoms. The van der Waals surface area contributed by atoms with Crippen molar-refractivity contribution in [1.82, 2.24) is 9.88 Å². The zero-order chi connectivity index (χ0) is 14.4. The molecule has 1 atom stereocenters. The summed E-state index contributed by atoms with van der Waals surface area (Å²) in [7, 11) is 3.03. The average molecular weight is 266 g/mol. The molecule has 5 nitrogen and oxygen atoms in total. The quantitative estimate of drug-likeness (QED) is 0.626. The molecule has 0 spiro atoms. The predicted molar refractivity (Wildman–Crippen MR) is 72.5 cm³/mol. The van der Waals surface area contributed by atoms with Crippen molar-refractivity contribution in [1.29, 1.82) is 0 Å². The fraction of sp³-hybridized carbons (Fsp3) is 0.571. The lowest BCUT2D eigenvalue weighted by Gasteiger charge is -2.24. The van der Waals surface area contributed by atoms with E-state index in [1.165, 1.54) is 7.11 Å². The van der Waals surface area contributed by atoms with Gasteiger partial charge in [-0.2, -0.15) is 0 Å². The number of nitrogens with zero attached hydrogens (tertiary/aromatic N) is 1. The van der Waals surface area contributed by atoms with Crippen LogP contribution in [-0.4, -0.2) is 42.5 Å². The van der Waals surface area contributed by atoms with Crippen LogP contribution in [0, 0.1) is 11.8 Å². The second-order valence-electron chi connectivity index (χ2n) is 4.97. The maximum atomic E-state index is 12.3. The van der Waals surface area contributed by atoms with Crippen LogP contribution < -0.4 is 0 Å². The normalized spacial score (nSPS) is 12.3. The van der Waals surface area contributed by atoms with Crippen LogP contribution in [0.3, 0.4) is 0 Å². The number of nitrogens with one attached hydrogen (secondary N) is 1. The molecule has 0 saturated carbocycles. The number of ether oxygens (including phenoxy) is 1. The van der Waals surface area contributed by atoms with Gasteiger partial charge in [-0.15, -0.1) is 0 Å². The molecule has 106 valence electrons. The summed E-state index contributed by atoms with van der Waals surface area (Å²) < 4.78 is 4.70. The number of aromatic amines is 1. The average Bonchev–Trinajstić information content (AvgIpc) is 2.88. The van der Waals surface area contributed by atoms with Crippen LogP contribution in [0.2, 0.25) is 0 Å². The van der Waals surface area contributed by atoms with Crippen LogP contribution in [0.25, 0.3) is 0 Å². The van der Waals surface area contributed by atoms with Gasteiger partial charge in [-0.3, -0.25) is 9.59 Å². The number of esters is 1. The maximum absolute atomic E-state index is 12.3. The number of rotatable bonds is 6. The third-order valence-corrected chi connectivity index (χ3v) is 3.16. The molecule has 1 aromatic rings. The molecule has 1 heterocycles. The lowest BCUT2D eigenvalue weighted by molar-refractivity contribution is -0.155. The van der Waals surface area contributed by atoms with Crippen molar-refractivity contribution in [3.63, 3.8) is 0 Å². The zero-order valence-corrected chi connectivity index (χ0v) is 12.0. The second-order valence-corrected chi connectivity index (χ2v) is 4.97. The third kappa shape index (κ3) is 4.12. The first kappa shape index (κ1) is 15.3. The summed E-state index contributed by atoms with van der Waals surface area (Å²) in [6.45, 7) is 4.27. The van der Waals surface area contributed by atoms with E-state index in [9.17, 15) is 9.59 Å². The van der Waals surface area contributed by atoms with Gasteiger partial charge in [0.25, 0.3) is 0 Å². The van der Waals surface area contributed by atoms with Gasteiger partial charge in [-0.1, -0.05) is 13.8 Å². The lowest BCUT2D eigenvalue weighted by atomic mass is 9.94. The molecule has 0 aliphatic rings. The first-order valence-corrected chi connectivity index (χ1v) is 6.41. The molecule has 0 bridgehead atoms. The Hall–Kier alpha value is -1.78. The first-order valence-electron chi connectivity index (χ1n) is 6.41. The summed E-state index contributed by atoms with van der Waals surface area (Å²) in [6, 6.07) is 1.97. The van der Waals surface area contributed by atoms with Crippen molar-refractivity contribution in [3.8, 4) is 0 Å². The van der Waals surface area contributed by atoms with Crippen molar-refractivity contribution in [2.75, 3.05) is 20.7 Å². The van der Waals surface area contributed by atoms with Crippen molar-refractivity contribution in [2.24, 2.45) is 11.8 Å². The number of amides is 1. The molecule has 0 aromatic carbocycles. The van der Waals surface area contributed by atoms with E-state index in [-0.39, 0.29) is 11.8 Å². The highest BCUT2D eigenvalue weighted by Gasteiger charge is 2.32. The molecule has 1 rings (SSSR count). The Bertz CT molecular complexity index is 412. The molecule has 1 N–H and O–H groups in total. The highest BCUT2D eigenvalue weighted by Crippen LogP contribution is 2.16. The SMILES string of the molecule is COC(=O)C(C(=O)N(C)CCc1cc[nH]c1)C(C)C. The van der Waals surface area contributed by atoms with E-state index in [4.69, 9.17) is 4.74 Å². The molecule has 1 amide bonds. The molecule has 0 aliphatic heterocycles. The highest BCUT2D eigenvalue weighted by molar-refractivity contribution is 5.97. The van der Waals surface area contributed by atoms with Gasteiger partial charge >= 0.3 is 5.97 Å². The fourth-order valence-corrected chi connectivity index (χ4v) is 1.94. The van der Waals surface area contributed by atoms with Crippen LogP contribution >= 0.6 is 0 Å². The van der Waals surface area contributed by atoms with Crippen molar-refractivity contribution in [2.45, 2.75) is 20.3 Å². The number of H-pyrrole nitrogens is 1. The largest absolute Gasteiger partial charge is 0.468 e. The molecule has 1 unspecified atom stereocenters. The number of hydrogen-bond donors (Lipinski definition) is 1. The summed E-state index contributed by atoms with van der Waals surface area (Å²) in [5.74, 6) is -1.44. The summed E-state index contributed by atoms with van der Waals surface area (Å²) >= 11 is 0. The molecule has 0 radical (unpaired) electrons. The zero-order valence-electron chi connectivity index (χ0n) is 12.0. The summed E-state index contributed by atoms with van der Waals surface area (Å²) in [4.78, 5) is 28.5. The predicted octanol–water partition coefficient (Wildman–Crippen LogP) is 1.46. The van der Waals surface area contributed by atoms with Gasteiger partial charge in [0.15, 0.2) is 0 Å². The van der Waals surface area contributed by atoms with Gasteiger partial charge < -0.3 is 14.6 Å². The minimum atomic E-state index is -0.721. The molecule has 0 aliphatic carbocycles. The van der Waals surface area contributed by atoms with Crippen LogP contribution in [-0.2, 0) is 20.7 Å². The van der Waals surface area contributed by atoms with Gasteiger partial charge in [0, 0.05) is 26.0 Å². The number of methoxy groups -OCH3 is 1. The Kier molecular flexibility index (Phi) is 5.60. The Morgan fingerprint density at radius 2 is 2.11 bits per heavy atom. The van der Waals surface area contributed by atoms with Gasteiger partial charge in [-0.25, -0.2) is 0 Å². The molecule has 1 aromatic heterocycles. The molecular weight excluding hydrogens is 244 g/mol. The first-order chi connectivity index (χ1) is 8.97. The lowest BCUT2D eigenvalue weighted by Crippen LogP contribution is -2.41. The minimum Gasteiger partial charge on any atom is -0.468 e. The summed E-state index contributed by atoms with van der Waals surface area (Å²) in [6.07, 6.45) is 4.51. The van der Waals surface area contributed by atoms with Gasteiger partial charge in [0.05, 0.1) is 7.11 Å².